The number of amides is 13. The van der Waals surface area contributed by atoms with E-state index in [1.54, 1.807) is 55.4 Å². The number of carbonyl (C=O) groups excluding carboxylic acids is 13. The number of nitrogens with one attached hydrogen (secondary N) is 13. The van der Waals surface area contributed by atoms with E-state index in [1.807, 2.05) is 5.32 Å². The van der Waals surface area contributed by atoms with Gasteiger partial charge in [0.2, 0.25) is 76.8 Å². The zero-order chi connectivity index (χ0) is 74.6. The van der Waals surface area contributed by atoms with E-state index in [9.17, 15) is 77.3 Å². The first-order valence-corrected chi connectivity index (χ1v) is 33.0. The Morgan fingerprint density at radius 1 is 0.485 bits per heavy atom. The summed E-state index contributed by atoms with van der Waals surface area (Å²) < 4.78 is 0. The highest BCUT2D eigenvalue weighted by Gasteiger charge is 2.38. The number of imidazole rings is 2. The Bertz CT molecular complexity index is 3020. The number of aromatic nitrogens is 4. The van der Waals surface area contributed by atoms with Crippen LogP contribution in [0.25, 0.3) is 0 Å². The number of carboxylic acids is 1. The summed E-state index contributed by atoms with van der Waals surface area (Å²) in [4.78, 5) is 208. The number of aliphatic carboxylic acids is 1. The fourth-order valence-corrected chi connectivity index (χ4v) is 10.1. The second kappa shape index (κ2) is 44.2. The number of nitrogens with zero attached hydrogens (tertiary/aromatic N) is 3. The molecule has 0 unspecified atom stereocenters. The summed E-state index contributed by atoms with van der Waals surface area (Å²) in [6.07, 6.45) is 4.40. The van der Waals surface area contributed by atoms with Gasteiger partial charge in [0, 0.05) is 56.5 Å². The van der Waals surface area contributed by atoms with Gasteiger partial charge in [0.05, 0.1) is 25.7 Å². The molecule has 2 heterocycles. The first-order chi connectivity index (χ1) is 46.6. The Balaban J connectivity index is 2.58. The van der Waals surface area contributed by atoms with Crippen LogP contribution in [0.1, 0.15) is 151 Å². The van der Waals surface area contributed by atoms with Crippen LogP contribution in [-0.4, -0.2) is 205 Å². The lowest BCUT2D eigenvalue weighted by Crippen LogP contribution is -2.61. The highest BCUT2D eigenvalue weighted by atomic mass is 16.4. The van der Waals surface area contributed by atoms with E-state index in [-0.39, 0.29) is 88.2 Å². The standard InChI is InChI=1S/C62H105N21O16/c1-10-34(8)50(83-54(92)38(14-11-12-18-63)74-58(96)44(73-35(9)85)23-36-26-68-29-71-36)61(99)81-43(22-33(6)7)57(95)79-45(24-37-27-69-30-72-37)59(97)75-39(15-13-19-70-62(66)67)52(90)77-42(21-32(4)5)56(94)78-41(20-31(2)3)55(93)76-40(16-17-48(64)86)53(91)80-46(25-49(87)88)60(98)82-47(28-84)51(65)89/h26-27,29-34,38-47,50,84H,10-25,28,63H2,1-9H3,(H2,64,86)(H2,65,89)(H,68,71)(H,69,72)(H,73,85)(H,74,96)(H,75,97)(H,76,93)(H,77,90)(H,78,94)(H,79,95)(H,80,91)(H,81,99)(H,82,98)(H,83,92)(H,87,88)(H4,66,67,70)/t34-,38-,39-,40-,41-,42-,43-,44-,45-,46-,47-,50-/m0/s1. The minimum atomic E-state index is -1.91. The molecule has 0 aromatic carbocycles. The maximum Gasteiger partial charge on any atom is 0.305 e. The molecule has 0 aliphatic carbocycles. The van der Waals surface area contributed by atoms with Gasteiger partial charge in [-0.15, -0.1) is 0 Å². The highest BCUT2D eigenvalue weighted by molar-refractivity contribution is 6.00. The molecule has 37 nitrogen and oxygen atoms in total. The Kier molecular flexibility index (Phi) is 38.1. The molecular formula is C62H105N21O16. The van der Waals surface area contributed by atoms with Gasteiger partial charge in [-0.3, -0.25) is 72.1 Å². The summed E-state index contributed by atoms with van der Waals surface area (Å²) >= 11 is 0. The number of hydrogen-bond acceptors (Lipinski definition) is 19. The van der Waals surface area contributed by atoms with E-state index < -0.39 is 181 Å². The maximum absolute atomic E-state index is 14.8. The largest absolute Gasteiger partial charge is 0.481 e. The number of aliphatic imine (C=N–C) groups is 1. The molecule has 2 aromatic rings. The molecule has 554 valence electrons. The second-order valence-corrected chi connectivity index (χ2v) is 25.5. The molecule has 0 saturated heterocycles. The molecule has 0 aliphatic rings. The minimum absolute atomic E-state index is 0.0127. The van der Waals surface area contributed by atoms with Crippen LogP contribution in [0.4, 0.5) is 0 Å². The molecule has 13 amide bonds. The van der Waals surface area contributed by atoms with E-state index in [0.717, 1.165) is 0 Å². The van der Waals surface area contributed by atoms with Gasteiger partial charge < -0.3 is 107 Å². The quantitative estimate of drug-likeness (QED) is 0.0167. The zero-order valence-corrected chi connectivity index (χ0v) is 57.8. The van der Waals surface area contributed by atoms with Crippen LogP contribution in [0, 0.1) is 23.7 Å². The number of nitrogens with two attached hydrogens (primary N) is 5. The number of H-pyrrole nitrogens is 2. The number of rotatable bonds is 48. The predicted octanol–water partition coefficient (Wildman–Crippen LogP) is -5.14. The van der Waals surface area contributed by atoms with Crippen molar-refractivity contribution in [2.75, 3.05) is 19.7 Å². The number of hydrogen-bond donors (Lipinski definition) is 20. The molecule has 25 N–H and O–H groups in total. The number of guanidine groups is 1. The van der Waals surface area contributed by atoms with Crippen LogP contribution in [0.15, 0.2) is 30.0 Å². The first kappa shape index (κ1) is 85.3. The molecule has 0 spiro atoms. The summed E-state index contributed by atoms with van der Waals surface area (Å²) in [7, 11) is 0. The third-order valence-corrected chi connectivity index (χ3v) is 15.4. The number of aromatic amines is 2. The smallest absolute Gasteiger partial charge is 0.305 e. The molecule has 12 atom stereocenters. The Hall–Kier alpha value is -9.81. The van der Waals surface area contributed by atoms with Crippen molar-refractivity contribution in [3.8, 4) is 0 Å². The third-order valence-electron chi connectivity index (χ3n) is 15.4. The molecule has 2 aromatic heterocycles. The van der Waals surface area contributed by atoms with Crippen molar-refractivity contribution in [2.24, 2.45) is 57.3 Å². The molecule has 0 aliphatic heterocycles. The number of aliphatic hydroxyl groups is 1. The number of primary amides is 2. The van der Waals surface area contributed by atoms with E-state index in [4.69, 9.17) is 28.7 Å². The van der Waals surface area contributed by atoms with Crippen molar-refractivity contribution in [1.29, 1.82) is 0 Å². The Morgan fingerprint density at radius 3 is 1.24 bits per heavy atom. The van der Waals surface area contributed by atoms with Crippen molar-refractivity contribution in [2.45, 2.75) is 219 Å². The van der Waals surface area contributed by atoms with Gasteiger partial charge in [0.1, 0.15) is 66.5 Å². The number of unbranched alkanes of at least 4 members (excludes halogenated alkanes) is 1. The summed E-state index contributed by atoms with van der Waals surface area (Å²) in [6.45, 7) is 14.4. The average Bonchev–Trinajstić information content (AvgIpc) is 1.18. The van der Waals surface area contributed by atoms with Gasteiger partial charge in [-0.1, -0.05) is 61.8 Å². The summed E-state index contributed by atoms with van der Waals surface area (Å²) in [5, 5.41) is 47.3. The molecule has 0 saturated carbocycles. The third kappa shape index (κ3) is 32.9. The van der Waals surface area contributed by atoms with E-state index in [0.29, 0.717) is 30.7 Å². The normalized spacial score (nSPS) is 14.8. The van der Waals surface area contributed by atoms with Crippen molar-refractivity contribution in [3.05, 3.63) is 36.4 Å². The topological polar surface area (TPSA) is 612 Å². The molecule has 0 radical (unpaired) electrons. The summed E-state index contributed by atoms with van der Waals surface area (Å²) in [6, 6.07) is -16.2. The SMILES string of the molecule is CC[C@H](C)[C@H](NC(=O)[C@H](CCCCN)NC(=O)[C@H](Cc1cnc[nH]1)NC(C)=O)C(=O)N[C@@H](CC(C)C)C(=O)N[C@@H](Cc1cnc[nH]1)C(=O)N[C@@H](CCCN=C(N)N)C(=O)N[C@@H](CC(C)C)C(=O)N[C@@H](CC(C)C)C(=O)N[C@@H](CCC(N)=O)C(=O)N[C@@H](CC(=O)O)C(=O)N[C@@H](CO)C(N)=O. The molecule has 99 heavy (non-hydrogen) atoms. The number of aliphatic hydroxyl groups excluding tert-OH is 1. The fourth-order valence-electron chi connectivity index (χ4n) is 10.1. The van der Waals surface area contributed by atoms with Crippen LogP contribution in [0.3, 0.4) is 0 Å². The highest BCUT2D eigenvalue weighted by Crippen LogP contribution is 2.16. The van der Waals surface area contributed by atoms with Crippen LogP contribution in [0.5, 0.6) is 0 Å². The fraction of sp³-hybridized carbons (Fsp3) is 0.661. The van der Waals surface area contributed by atoms with Crippen molar-refractivity contribution in [3.63, 3.8) is 0 Å². The average molecular weight is 1400 g/mol. The zero-order valence-electron chi connectivity index (χ0n) is 57.8. The van der Waals surface area contributed by atoms with Crippen LogP contribution < -0.4 is 87.2 Å². The lowest BCUT2D eigenvalue weighted by atomic mass is 9.96. The molecular weight excluding hydrogens is 1290 g/mol. The van der Waals surface area contributed by atoms with E-state index >= 15 is 0 Å². The van der Waals surface area contributed by atoms with Crippen LogP contribution in [0.2, 0.25) is 0 Å². The molecule has 2 rings (SSSR count). The predicted molar refractivity (Wildman–Crippen MR) is 359 cm³/mol. The molecule has 37 heteroatoms. The lowest BCUT2D eigenvalue weighted by Gasteiger charge is -2.30. The van der Waals surface area contributed by atoms with Gasteiger partial charge in [0.15, 0.2) is 5.96 Å². The van der Waals surface area contributed by atoms with Gasteiger partial charge in [-0.2, -0.15) is 0 Å². The van der Waals surface area contributed by atoms with Crippen LogP contribution >= 0.6 is 0 Å². The molecule has 0 fully saturated rings. The monoisotopic (exact) mass is 1400 g/mol. The first-order valence-electron chi connectivity index (χ1n) is 33.0. The minimum Gasteiger partial charge on any atom is -0.481 e. The Labute approximate surface area is 574 Å². The maximum atomic E-state index is 14.8. The summed E-state index contributed by atoms with van der Waals surface area (Å²) in [5.74, 6) is -15.2. The second-order valence-electron chi connectivity index (χ2n) is 25.5. The van der Waals surface area contributed by atoms with Gasteiger partial charge in [-0.25, -0.2) is 9.97 Å². The van der Waals surface area contributed by atoms with Crippen molar-refractivity contribution in [1.82, 2.24) is 78.4 Å². The van der Waals surface area contributed by atoms with Gasteiger partial charge in [-0.05, 0) is 88.0 Å². The van der Waals surface area contributed by atoms with E-state index in [2.05, 4.69) is 78.1 Å². The molecule has 0 bridgehead atoms. The number of carboxylic acid groups (broad SMARTS) is 1. The lowest BCUT2D eigenvalue weighted by molar-refractivity contribution is -0.141. The Morgan fingerprint density at radius 2 is 0.859 bits per heavy atom. The van der Waals surface area contributed by atoms with E-state index in [1.165, 1.54) is 32.0 Å². The van der Waals surface area contributed by atoms with Gasteiger partial charge >= 0.3 is 5.97 Å². The summed E-state index contributed by atoms with van der Waals surface area (Å²) in [5.41, 5.74) is 28.4. The van der Waals surface area contributed by atoms with Crippen molar-refractivity contribution < 1.29 is 77.3 Å². The van der Waals surface area contributed by atoms with Crippen LogP contribution in [-0.2, 0) is 80.0 Å². The van der Waals surface area contributed by atoms with Crippen molar-refractivity contribution >= 4 is 88.7 Å². The van der Waals surface area contributed by atoms with Gasteiger partial charge in [0.25, 0.3) is 0 Å². The number of carbonyl (C=O) groups is 14.